The van der Waals surface area contributed by atoms with Crippen molar-refractivity contribution in [1.29, 1.82) is 0 Å². The Kier molecular flexibility index (Phi) is 5.91. The number of sulfone groups is 1. The highest BCUT2D eigenvalue weighted by atomic mass is 32.2. The summed E-state index contributed by atoms with van der Waals surface area (Å²) >= 11 is 0. The third-order valence-electron chi connectivity index (χ3n) is 6.16. The van der Waals surface area contributed by atoms with Gasteiger partial charge < -0.3 is 14.7 Å². The van der Waals surface area contributed by atoms with E-state index in [0.29, 0.717) is 23.3 Å². The van der Waals surface area contributed by atoms with Gasteiger partial charge in [-0.1, -0.05) is 19.0 Å². The van der Waals surface area contributed by atoms with Crippen LogP contribution in [0, 0.1) is 5.82 Å². The molecule has 4 heterocycles. The SMILES string of the molecule is CC(C)c1noc(N2CCC(c3ncc4c(Nc5ccc(S(C)(=O)=O)c(F)c5)nccn34)CC2)n1. The first kappa shape index (κ1) is 23.2. The number of nitrogens with zero attached hydrogens (tertiary/aromatic N) is 6. The summed E-state index contributed by atoms with van der Waals surface area (Å²) in [6.07, 6.45) is 7.98. The van der Waals surface area contributed by atoms with Crippen LogP contribution in [0.5, 0.6) is 0 Å². The number of fused-ring (bicyclic) bond motifs is 1. The minimum atomic E-state index is -3.64. The molecule has 1 aliphatic heterocycles. The van der Waals surface area contributed by atoms with E-state index in [9.17, 15) is 12.8 Å². The highest BCUT2D eigenvalue weighted by Crippen LogP contribution is 2.32. The molecule has 5 rings (SSSR count). The molecule has 1 fully saturated rings. The van der Waals surface area contributed by atoms with Gasteiger partial charge in [0.05, 0.1) is 6.20 Å². The van der Waals surface area contributed by atoms with Crippen molar-refractivity contribution in [3.8, 4) is 0 Å². The number of benzene rings is 1. The second-order valence-electron chi connectivity index (χ2n) is 9.04. The lowest BCUT2D eigenvalue weighted by molar-refractivity contribution is 0.384. The van der Waals surface area contributed by atoms with Crippen LogP contribution in [0.25, 0.3) is 5.52 Å². The van der Waals surface area contributed by atoms with Gasteiger partial charge in [-0.15, -0.1) is 0 Å². The van der Waals surface area contributed by atoms with Gasteiger partial charge in [0, 0.05) is 49.3 Å². The van der Waals surface area contributed by atoms with Crippen LogP contribution in [-0.2, 0) is 9.84 Å². The molecule has 0 amide bonds. The minimum Gasteiger partial charge on any atom is -0.338 e. The zero-order valence-electron chi connectivity index (χ0n) is 19.6. The molecule has 0 saturated carbocycles. The second kappa shape index (κ2) is 8.91. The Bertz CT molecular complexity index is 1470. The summed E-state index contributed by atoms with van der Waals surface area (Å²) in [7, 11) is -3.64. The van der Waals surface area contributed by atoms with E-state index in [2.05, 4.69) is 30.3 Å². The average Bonchev–Trinajstić information content (AvgIpc) is 3.47. The Morgan fingerprint density at radius 2 is 1.97 bits per heavy atom. The fourth-order valence-electron chi connectivity index (χ4n) is 4.28. The molecular formula is C23H26FN7O3S. The lowest BCUT2D eigenvalue weighted by Gasteiger charge is -2.29. The Morgan fingerprint density at radius 3 is 2.63 bits per heavy atom. The average molecular weight is 500 g/mol. The summed E-state index contributed by atoms with van der Waals surface area (Å²) in [4.78, 5) is 15.3. The molecule has 1 saturated heterocycles. The van der Waals surface area contributed by atoms with Crippen molar-refractivity contribution >= 4 is 32.9 Å². The van der Waals surface area contributed by atoms with E-state index in [-0.39, 0.29) is 16.7 Å². The topological polar surface area (TPSA) is 119 Å². The van der Waals surface area contributed by atoms with Gasteiger partial charge in [0.25, 0.3) is 0 Å². The Morgan fingerprint density at radius 1 is 1.20 bits per heavy atom. The second-order valence-corrected chi connectivity index (χ2v) is 11.0. The number of halogens is 1. The third-order valence-corrected chi connectivity index (χ3v) is 7.29. The number of hydrogen-bond donors (Lipinski definition) is 1. The van der Waals surface area contributed by atoms with Gasteiger partial charge >= 0.3 is 6.01 Å². The van der Waals surface area contributed by atoms with Crippen LogP contribution in [0.1, 0.15) is 50.2 Å². The largest absolute Gasteiger partial charge is 0.338 e. The monoisotopic (exact) mass is 499 g/mol. The quantitative estimate of drug-likeness (QED) is 0.421. The zero-order chi connectivity index (χ0) is 24.7. The van der Waals surface area contributed by atoms with Crippen molar-refractivity contribution in [2.75, 3.05) is 29.6 Å². The number of anilines is 3. The Labute approximate surface area is 202 Å². The molecule has 12 heteroatoms. The van der Waals surface area contributed by atoms with Crippen LogP contribution in [0.2, 0.25) is 0 Å². The van der Waals surface area contributed by atoms with Gasteiger partial charge in [-0.3, -0.25) is 4.40 Å². The molecule has 0 spiro atoms. The molecule has 4 aromatic rings. The van der Waals surface area contributed by atoms with Crippen LogP contribution >= 0.6 is 0 Å². The summed E-state index contributed by atoms with van der Waals surface area (Å²) in [6.45, 7) is 5.62. The van der Waals surface area contributed by atoms with Crippen LogP contribution in [-0.4, -0.2) is 52.3 Å². The summed E-state index contributed by atoms with van der Waals surface area (Å²) < 4.78 is 45.1. The molecule has 3 aromatic heterocycles. The first-order chi connectivity index (χ1) is 16.7. The minimum absolute atomic E-state index is 0.215. The Hall–Kier alpha value is -3.54. The van der Waals surface area contributed by atoms with E-state index in [4.69, 9.17) is 4.52 Å². The molecule has 184 valence electrons. The predicted octanol–water partition coefficient (Wildman–Crippen LogP) is 3.91. The number of aromatic nitrogens is 5. The van der Waals surface area contributed by atoms with E-state index in [1.807, 2.05) is 24.4 Å². The summed E-state index contributed by atoms with van der Waals surface area (Å²) in [5.74, 6) is 1.78. The molecule has 10 nitrogen and oxygen atoms in total. The van der Waals surface area contributed by atoms with E-state index >= 15 is 0 Å². The van der Waals surface area contributed by atoms with E-state index < -0.39 is 15.7 Å². The molecule has 35 heavy (non-hydrogen) atoms. The fourth-order valence-corrected chi connectivity index (χ4v) is 5.01. The van der Waals surface area contributed by atoms with Gasteiger partial charge in [0.15, 0.2) is 21.5 Å². The van der Waals surface area contributed by atoms with E-state index in [0.717, 1.165) is 49.6 Å². The van der Waals surface area contributed by atoms with Gasteiger partial charge in [-0.05, 0) is 31.0 Å². The molecule has 1 N–H and O–H groups in total. The first-order valence-corrected chi connectivity index (χ1v) is 13.3. The van der Waals surface area contributed by atoms with Gasteiger partial charge in [0.2, 0.25) is 0 Å². The fraction of sp³-hybridized carbons (Fsp3) is 0.391. The third kappa shape index (κ3) is 4.57. The van der Waals surface area contributed by atoms with Crippen molar-refractivity contribution in [1.82, 2.24) is 24.5 Å². The molecule has 0 atom stereocenters. The Balaban J connectivity index is 1.33. The molecule has 0 unspecified atom stereocenters. The molecule has 1 aromatic carbocycles. The van der Waals surface area contributed by atoms with Crippen molar-refractivity contribution in [2.24, 2.45) is 0 Å². The maximum Gasteiger partial charge on any atom is 0.324 e. The highest BCUT2D eigenvalue weighted by molar-refractivity contribution is 7.90. The standard InChI is InChI=1S/C23H26FN7O3S/c1-14(2)20-28-23(34-29-20)30-9-6-15(7-10-30)22-26-13-18-21(25-8-11-31(18)22)27-16-4-5-19(17(24)12-16)35(3,32)33/h4-5,8,11-15H,6-7,9-10H2,1-3H3,(H,25,27). The smallest absolute Gasteiger partial charge is 0.324 e. The first-order valence-electron chi connectivity index (χ1n) is 11.4. The maximum atomic E-state index is 14.3. The number of imidazole rings is 1. The van der Waals surface area contributed by atoms with Crippen LogP contribution in [0.4, 0.5) is 21.9 Å². The van der Waals surface area contributed by atoms with Gasteiger partial charge in [-0.25, -0.2) is 22.8 Å². The van der Waals surface area contributed by atoms with Gasteiger partial charge in [-0.2, -0.15) is 4.98 Å². The van der Waals surface area contributed by atoms with Gasteiger partial charge in [0.1, 0.15) is 22.1 Å². The molecule has 0 radical (unpaired) electrons. The zero-order valence-corrected chi connectivity index (χ0v) is 20.5. The summed E-state index contributed by atoms with van der Waals surface area (Å²) in [6, 6.07) is 4.47. The van der Waals surface area contributed by atoms with Crippen LogP contribution < -0.4 is 10.2 Å². The van der Waals surface area contributed by atoms with Crippen LogP contribution in [0.3, 0.4) is 0 Å². The lowest BCUT2D eigenvalue weighted by atomic mass is 9.96. The highest BCUT2D eigenvalue weighted by Gasteiger charge is 2.27. The van der Waals surface area contributed by atoms with E-state index in [1.54, 1.807) is 12.4 Å². The maximum absolute atomic E-state index is 14.3. The molecule has 0 bridgehead atoms. The molecular weight excluding hydrogens is 473 g/mol. The summed E-state index contributed by atoms with van der Waals surface area (Å²) in [5, 5.41) is 7.14. The predicted molar refractivity (Wildman–Crippen MR) is 128 cm³/mol. The number of nitrogens with one attached hydrogen (secondary N) is 1. The molecule has 0 aliphatic carbocycles. The van der Waals surface area contributed by atoms with Crippen molar-refractivity contribution in [3.63, 3.8) is 0 Å². The van der Waals surface area contributed by atoms with E-state index in [1.165, 1.54) is 12.1 Å². The number of piperidine rings is 1. The lowest BCUT2D eigenvalue weighted by Crippen LogP contribution is -2.33. The van der Waals surface area contributed by atoms with Crippen molar-refractivity contribution in [3.05, 3.63) is 54.3 Å². The number of hydrogen-bond acceptors (Lipinski definition) is 9. The number of rotatable bonds is 6. The van der Waals surface area contributed by atoms with Crippen LogP contribution in [0.15, 0.2) is 46.2 Å². The normalized spacial score (nSPS) is 15.3. The van der Waals surface area contributed by atoms with Crippen molar-refractivity contribution in [2.45, 2.75) is 43.4 Å². The molecule has 1 aliphatic rings. The summed E-state index contributed by atoms with van der Waals surface area (Å²) in [5.41, 5.74) is 1.14. The van der Waals surface area contributed by atoms with Crippen molar-refractivity contribution < 1.29 is 17.3 Å².